The Labute approximate surface area is 126 Å². The van der Waals surface area contributed by atoms with Crippen molar-refractivity contribution in [2.24, 2.45) is 0 Å². The quantitative estimate of drug-likeness (QED) is 0.912. The van der Waals surface area contributed by atoms with Crippen LogP contribution in [0.15, 0.2) is 42.5 Å². The molecule has 2 aromatic rings. The minimum atomic E-state index is 0.910. The molecule has 21 heavy (non-hydrogen) atoms. The van der Waals surface area contributed by atoms with E-state index in [0.717, 1.165) is 31.9 Å². The minimum Gasteiger partial charge on any atom is -0.497 e. The predicted octanol–water partition coefficient (Wildman–Crippen LogP) is 2.93. The molecule has 0 unspecified atom stereocenters. The maximum atomic E-state index is 5.19. The molecule has 1 heterocycles. The maximum Gasteiger partial charge on any atom is 0.118 e. The molecule has 1 aliphatic rings. The van der Waals surface area contributed by atoms with E-state index >= 15 is 0 Å². The number of ether oxygens (including phenoxy) is 1. The van der Waals surface area contributed by atoms with Gasteiger partial charge in [-0.2, -0.15) is 0 Å². The van der Waals surface area contributed by atoms with Gasteiger partial charge >= 0.3 is 0 Å². The molecule has 110 valence electrons. The van der Waals surface area contributed by atoms with Crippen molar-refractivity contribution in [3.8, 4) is 5.75 Å². The lowest BCUT2D eigenvalue weighted by Gasteiger charge is -2.17. The second-order valence-corrected chi connectivity index (χ2v) is 5.73. The van der Waals surface area contributed by atoms with Crippen molar-refractivity contribution in [1.82, 2.24) is 10.2 Å². The molecule has 1 aliphatic heterocycles. The molecule has 1 N–H and O–H groups in total. The zero-order valence-electron chi connectivity index (χ0n) is 12.7. The van der Waals surface area contributed by atoms with Crippen molar-refractivity contribution >= 4 is 0 Å². The lowest BCUT2D eigenvalue weighted by Crippen LogP contribution is -2.17. The van der Waals surface area contributed by atoms with Gasteiger partial charge in [-0.15, -0.1) is 0 Å². The van der Waals surface area contributed by atoms with Gasteiger partial charge in [-0.05, 0) is 41.4 Å². The van der Waals surface area contributed by atoms with Gasteiger partial charge in [-0.1, -0.05) is 30.3 Å². The first kappa shape index (κ1) is 14.1. The van der Waals surface area contributed by atoms with Gasteiger partial charge < -0.3 is 10.1 Å². The molecule has 0 radical (unpaired) electrons. The highest BCUT2D eigenvalue weighted by atomic mass is 16.5. The van der Waals surface area contributed by atoms with Crippen molar-refractivity contribution < 1.29 is 4.74 Å². The number of hydrogen-bond acceptors (Lipinski definition) is 3. The first-order valence-corrected chi connectivity index (χ1v) is 7.37. The molecule has 0 atom stereocenters. The second kappa shape index (κ2) is 6.29. The van der Waals surface area contributed by atoms with Gasteiger partial charge in [-0.3, -0.25) is 4.90 Å². The highest BCUT2D eigenvalue weighted by molar-refractivity contribution is 5.34. The summed E-state index contributed by atoms with van der Waals surface area (Å²) >= 11 is 0. The number of rotatable bonds is 5. The number of hydrogen-bond donors (Lipinski definition) is 1. The largest absolute Gasteiger partial charge is 0.497 e. The van der Waals surface area contributed by atoms with Crippen molar-refractivity contribution in [2.45, 2.75) is 26.2 Å². The standard InChI is InChI=1S/C18H22N2O/c1-20(12-14-4-7-18(21-2)8-5-14)13-15-3-6-16-10-19-11-17(16)9-15/h3-9,19H,10-13H2,1-2H3. The Morgan fingerprint density at radius 3 is 2.38 bits per heavy atom. The van der Waals surface area contributed by atoms with Gasteiger partial charge in [0.2, 0.25) is 0 Å². The number of fused-ring (bicyclic) bond motifs is 1. The van der Waals surface area contributed by atoms with Gasteiger partial charge in [0.15, 0.2) is 0 Å². The molecular formula is C18H22N2O. The highest BCUT2D eigenvalue weighted by Crippen LogP contribution is 2.19. The summed E-state index contributed by atoms with van der Waals surface area (Å²) in [5.74, 6) is 0.910. The Morgan fingerprint density at radius 2 is 1.62 bits per heavy atom. The summed E-state index contributed by atoms with van der Waals surface area (Å²) in [5.41, 5.74) is 5.58. The van der Waals surface area contributed by atoms with Crippen LogP contribution >= 0.6 is 0 Å². The van der Waals surface area contributed by atoms with Crippen molar-refractivity contribution in [3.05, 3.63) is 64.7 Å². The first-order valence-electron chi connectivity index (χ1n) is 7.37. The third-order valence-electron chi connectivity index (χ3n) is 3.97. The van der Waals surface area contributed by atoms with Crippen LogP contribution in [0.25, 0.3) is 0 Å². The van der Waals surface area contributed by atoms with Gasteiger partial charge in [0.1, 0.15) is 5.75 Å². The molecule has 0 saturated heterocycles. The molecule has 0 aromatic heterocycles. The molecular weight excluding hydrogens is 260 g/mol. The molecule has 3 rings (SSSR count). The third-order valence-corrected chi connectivity index (χ3v) is 3.97. The second-order valence-electron chi connectivity index (χ2n) is 5.73. The third kappa shape index (κ3) is 3.43. The van der Waals surface area contributed by atoms with E-state index in [1.165, 1.54) is 22.3 Å². The predicted molar refractivity (Wildman–Crippen MR) is 85.2 cm³/mol. The smallest absolute Gasteiger partial charge is 0.118 e. The lowest BCUT2D eigenvalue weighted by atomic mass is 10.1. The molecule has 2 aromatic carbocycles. The van der Waals surface area contributed by atoms with Gasteiger partial charge in [0, 0.05) is 26.2 Å². The van der Waals surface area contributed by atoms with E-state index in [1.807, 2.05) is 12.1 Å². The molecule has 0 aliphatic carbocycles. The maximum absolute atomic E-state index is 5.19. The topological polar surface area (TPSA) is 24.5 Å². The van der Waals surface area contributed by atoms with Crippen LogP contribution in [0.1, 0.15) is 22.3 Å². The fourth-order valence-corrected chi connectivity index (χ4v) is 2.86. The van der Waals surface area contributed by atoms with Crippen LogP contribution in [0, 0.1) is 0 Å². The molecule has 3 heteroatoms. The lowest BCUT2D eigenvalue weighted by molar-refractivity contribution is 0.318. The fraction of sp³-hybridized carbons (Fsp3) is 0.333. The Kier molecular flexibility index (Phi) is 4.23. The van der Waals surface area contributed by atoms with Gasteiger partial charge in [0.05, 0.1) is 7.11 Å². The van der Waals surface area contributed by atoms with Gasteiger partial charge in [0.25, 0.3) is 0 Å². The van der Waals surface area contributed by atoms with Crippen molar-refractivity contribution in [2.75, 3.05) is 14.2 Å². The Morgan fingerprint density at radius 1 is 0.952 bits per heavy atom. The van der Waals surface area contributed by atoms with E-state index in [4.69, 9.17) is 4.74 Å². The SMILES string of the molecule is COc1ccc(CN(C)Cc2ccc3c(c2)CNC3)cc1. The summed E-state index contributed by atoms with van der Waals surface area (Å²) in [6, 6.07) is 15.1. The van der Waals surface area contributed by atoms with Crippen LogP contribution in [0.4, 0.5) is 0 Å². The highest BCUT2D eigenvalue weighted by Gasteiger charge is 2.10. The van der Waals surface area contributed by atoms with E-state index in [1.54, 1.807) is 7.11 Å². The Bertz CT molecular complexity index is 607. The van der Waals surface area contributed by atoms with Crippen molar-refractivity contribution in [1.29, 1.82) is 0 Å². The molecule has 0 fully saturated rings. The van der Waals surface area contributed by atoms with Crippen molar-refractivity contribution in [3.63, 3.8) is 0 Å². The Hall–Kier alpha value is -1.84. The summed E-state index contributed by atoms with van der Waals surface area (Å²) in [6.07, 6.45) is 0. The molecule has 0 saturated carbocycles. The summed E-state index contributed by atoms with van der Waals surface area (Å²) < 4.78 is 5.19. The molecule has 0 bridgehead atoms. The number of benzene rings is 2. The zero-order chi connectivity index (χ0) is 14.7. The van der Waals surface area contributed by atoms with E-state index in [-0.39, 0.29) is 0 Å². The molecule has 0 spiro atoms. The zero-order valence-corrected chi connectivity index (χ0v) is 12.7. The van der Waals surface area contributed by atoms with E-state index in [0.29, 0.717) is 0 Å². The van der Waals surface area contributed by atoms with Crippen LogP contribution in [0.2, 0.25) is 0 Å². The number of methoxy groups -OCH3 is 1. The summed E-state index contributed by atoms with van der Waals surface area (Å²) in [5, 5.41) is 3.39. The summed E-state index contributed by atoms with van der Waals surface area (Å²) in [7, 11) is 3.86. The molecule has 3 nitrogen and oxygen atoms in total. The monoisotopic (exact) mass is 282 g/mol. The average Bonchev–Trinajstić information content (AvgIpc) is 2.95. The van der Waals surface area contributed by atoms with E-state index in [2.05, 4.69) is 47.6 Å². The molecule has 0 amide bonds. The van der Waals surface area contributed by atoms with E-state index in [9.17, 15) is 0 Å². The minimum absolute atomic E-state index is 0.910. The van der Waals surface area contributed by atoms with Crippen LogP contribution in [0.5, 0.6) is 5.75 Å². The number of nitrogens with zero attached hydrogens (tertiary/aromatic N) is 1. The average molecular weight is 282 g/mol. The van der Waals surface area contributed by atoms with Gasteiger partial charge in [-0.25, -0.2) is 0 Å². The van der Waals surface area contributed by atoms with Crippen LogP contribution < -0.4 is 10.1 Å². The van der Waals surface area contributed by atoms with Crippen LogP contribution in [0.3, 0.4) is 0 Å². The fourth-order valence-electron chi connectivity index (χ4n) is 2.86. The van der Waals surface area contributed by atoms with Crippen LogP contribution in [-0.2, 0) is 26.2 Å². The number of nitrogens with one attached hydrogen (secondary N) is 1. The normalized spacial score (nSPS) is 13.5. The summed E-state index contributed by atoms with van der Waals surface area (Å²) in [6.45, 7) is 3.93. The summed E-state index contributed by atoms with van der Waals surface area (Å²) in [4.78, 5) is 2.34. The van der Waals surface area contributed by atoms with E-state index < -0.39 is 0 Å². The van der Waals surface area contributed by atoms with Crippen LogP contribution in [-0.4, -0.2) is 19.1 Å². The Balaban J connectivity index is 1.61. The first-order chi connectivity index (χ1) is 10.2.